The number of hydrogen-bond acceptors (Lipinski definition) is 2. The van der Waals surface area contributed by atoms with E-state index in [4.69, 9.17) is 27.9 Å². The first-order valence-corrected chi connectivity index (χ1v) is 7.94. The first-order chi connectivity index (χ1) is 9.58. The molecule has 0 aliphatic heterocycles. The van der Waals surface area contributed by atoms with Crippen molar-refractivity contribution in [1.82, 2.24) is 0 Å². The Morgan fingerprint density at radius 1 is 1.25 bits per heavy atom. The average molecular weight is 317 g/mol. The van der Waals surface area contributed by atoms with Crippen molar-refractivity contribution in [3.8, 4) is 0 Å². The van der Waals surface area contributed by atoms with Crippen molar-refractivity contribution >= 4 is 29.2 Å². The Bertz CT molecular complexity index is 432. The fraction of sp³-hybridized carbons (Fsp3) is 0.562. The minimum absolute atomic E-state index is 0.0962. The van der Waals surface area contributed by atoms with Gasteiger partial charge in [-0.05, 0) is 36.5 Å². The maximum atomic E-state index is 11.9. The topological polar surface area (TPSA) is 26.3 Å². The van der Waals surface area contributed by atoms with Crippen LogP contribution in [0.25, 0.3) is 0 Å². The van der Waals surface area contributed by atoms with Gasteiger partial charge in [-0.1, -0.05) is 56.0 Å². The van der Waals surface area contributed by atoms with Crippen molar-refractivity contribution in [2.24, 2.45) is 0 Å². The summed E-state index contributed by atoms with van der Waals surface area (Å²) in [5.41, 5.74) is 0.977. The van der Waals surface area contributed by atoms with Crippen molar-refractivity contribution in [3.05, 3.63) is 33.8 Å². The van der Waals surface area contributed by atoms with Gasteiger partial charge >= 0.3 is 5.97 Å². The van der Waals surface area contributed by atoms with E-state index in [1.54, 1.807) is 6.07 Å². The van der Waals surface area contributed by atoms with Crippen LogP contribution in [0.15, 0.2) is 18.2 Å². The molecule has 0 amide bonds. The minimum atomic E-state index is -0.150. The summed E-state index contributed by atoms with van der Waals surface area (Å²) in [4.78, 5) is 11.9. The number of carbonyl (C=O) groups is 1. The van der Waals surface area contributed by atoms with Gasteiger partial charge in [0.25, 0.3) is 0 Å². The Hall–Kier alpha value is -0.730. The van der Waals surface area contributed by atoms with Crippen molar-refractivity contribution in [2.75, 3.05) is 6.61 Å². The largest absolute Gasteiger partial charge is 0.466 e. The highest BCUT2D eigenvalue weighted by Crippen LogP contribution is 2.32. The number of halogens is 2. The SMILES string of the molecule is CCCCOC(=O)CC(CCC)c1ccc(Cl)cc1Cl. The van der Waals surface area contributed by atoms with Gasteiger partial charge in [-0.15, -0.1) is 0 Å². The van der Waals surface area contributed by atoms with Crippen LogP contribution in [0.3, 0.4) is 0 Å². The molecule has 1 atom stereocenters. The summed E-state index contributed by atoms with van der Waals surface area (Å²) < 4.78 is 5.24. The van der Waals surface area contributed by atoms with Gasteiger partial charge in [0, 0.05) is 10.0 Å². The van der Waals surface area contributed by atoms with E-state index in [1.165, 1.54) is 0 Å². The molecule has 1 aromatic carbocycles. The molecule has 0 fully saturated rings. The van der Waals surface area contributed by atoms with E-state index in [1.807, 2.05) is 12.1 Å². The molecule has 0 heterocycles. The van der Waals surface area contributed by atoms with Gasteiger partial charge in [0.15, 0.2) is 0 Å². The maximum Gasteiger partial charge on any atom is 0.306 e. The first-order valence-electron chi connectivity index (χ1n) is 7.19. The van der Waals surface area contributed by atoms with Gasteiger partial charge < -0.3 is 4.74 Å². The summed E-state index contributed by atoms with van der Waals surface area (Å²) in [6.45, 7) is 4.67. The second-order valence-electron chi connectivity index (χ2n) is 4.93. The summed E-state index contributed by atoms with van der Waals surface area (Å²) in [5.74, 6) is -0.0539. The molecule has 1 rings (SSSR count). The molecule has 0 spiro atoms. The highest BCUT2D eigenvalue weighted by atomic mass is 35.5. The summed E-state index contributed by atoms with van der Waals surface area (Å²) >= 11 is 12.1. The fourth-order valence-electron chi connectivity index (χ4n) is 2.14. The Morgan fingerprint density at radius 2 is 2.00 bits per heavy atom. The number of hydrogen-bond donors (Lipinski definition) is 0. The normalized spacial score (nSPS) is 12.2. The molecular formula is C16H22Cl2O2. The van der Waals surface area contributed by atoms with E-state index < -0.39 is 0 Å². The van der Waals surface area contributed by atoms with Gasteiger partial charge in [-0.3, -0.25) is 4.79 Å². The molecule has 4 heteroatoms. The maximum absolute atomic E-state index is 11.9. The van der Waals surface area contributed by atoms with Crippen LogP contribution in [0.1, 0.15) is 57.4 Å². The monoisotopic (exact) mass is 316 g/mol. The Morgan fingerprint density at radius 3 is 2.60 bits per heavy atom. The smallest absolute Gasteiger partial charge is 0.306 e. The second-order valence-corrected chi connectivity index (χ2v) is 5.77. The van der Waals surface area contributed by atoms with E-state index >= 15 is 0 Å². The van der Waals surface area contributed by atoms with E-state index in [-0.39, 0.29) is 11.9 Å². The summed E-state index contributed by atoms with van der Waals surface area (Å²) in [6.07, 6.45) is 4.20. The van der Waals surface area contributed by atoms with Crippen LogP contribution in [0.4, 0.5) is 0 Å². The number of rotatable bonds is 8. The molecule has 20 heavy (non-hydrogen) atoms. The van der Waals surface area contributed by atoms with Crippen LogP contribution in [-0.4, -0.2) is 12.6 Å². The lowest BCUT2D eigenvalue weighted by Gasteiger charge is -2.17. The number of ether oxygens (including phenoxy) is 1. The number of unbranched alkanes of at least 4 members (excludes halogenated alkanes) is 1. The Labute approximate surface area is 131 Å². The molecule has 0 saturated carbocycles. The van der Waals surface area contributed by atoms with Crippen LogP contribution in [0.2, 0.25) is 10.0 Å². The van der Waals surface area contributed by atoms with E-state index in [9.17, 15) is 4.79 Å². The van der Waals surface area contributed by atoms with E-state index in [0.29, 0.717) is 23.1 Å². The summed E-state index contributed by atoms with van der Waals surface area (Å²) in [6, 6.07) is 5.45. The zero-order valence-electron chi connectivity index (χ0n) is 12.1. The Kier molecular flexibility index (Phi) is 8.01. The zero-order valence-corrected chi connectivity index (χ0v) is 13.6. The van der Waals surface area contributed by atoms with Crippen molar-refractivity contribution in [1.29, 1.82) is 0 Å². The molecule has 112 valence electrons. The van der Waals surface area contributed by atoms with Crippen LogP contribution in [0, 0.1) is 0 Å². The lowest BCUT2D eigenvalue weighted by atomic mass is 9.91. The summed E-state index contributed by atoms with van der Waals surface area (Å²) in [5, 5.41) is 1.23. The van der Waals surface area contributed by atoms with Crippen LogP contribution >= 0.6 is 23.2 Å². The number of benzene rings is 1. The predicted octanol–water partition coefficient (Wildman–Crippen LogP) is 5.61. The first kappa shape index (κ1) is 17.3. The van der Waals surface area contributed by atoms with Crippen LogP contribution < -0.4 is 0 Å². The number of carbonyl (C=O) groups excluding carboxylic acids is 1. The molecule has 2 nitrogen and oxygen atoms in total. The minimum Gasteiger partial charge on any atom is -0.466 e. The lowest BCUT2D eigenvalue weighted by molar-refractivity contribution is -0.144. The van der Waals surface area contributed by atoms with Crippen LogP contribution in [-0.2, 0) is 9.53 Å². The van der Waals surface area contributed by atoms with Gasteiger partial charge in [0.05, 0.1) is 13.0 Å². The molecule has 0 aliphatic rings. The highest BCUT2D eigenvalue weighted by Gasteiger charge is 2.19. The zero-order chi connectivity index (χ0) is 15.0. The van der Waals surface area contributed by atoms with Crippen molar-refractivity contribution in [3.63, 3.8) is 0 Å². The van der Waals surface area contributed by atoms with Gasteiger partial charge in [0.2, 0.25) is 0 Å². The molecule has 1 unspecified atom stereocenters. The molecule has 1 aromatic rings. The fourth-order valence-corrected chi connectivity index (χ4v) is 2.70. The second kappa shape index (κ2) is 9.25. The van der Waals surface area contributed by atoms with Gasteiger partial charge in [-0.2, -0.15) is 0 Å². The third-order valence-corrected chi connectivity index (χ3v) is 3.78. The van der Waals surface area contributed by atoms with Gasteiger partial charge in [-0.25, -0.2) is 0 Å². The molecule has 0 N–H and O–H groups in total. The molecule has 0 aliphatic carbocycles. The molecule has 0 saturated heterocycles. The standard InChI is InChI=1S/C16H22Cl2O2/c1-3-5-9-20-16(19)10-12(6-4-2)14-8-7-13(17)11-15(14)18/h7-8,11-12H,3-6,9-10H2,1-2H3. The highest BCUT2D eigenvalue weighted by molar-refractivity contribution is 6.35. The average Bonchev–Trinajstić information content (AvgIpc) is 2.38. The Balaban J connectivity index is 2.70. The molecule has 0 aromatic heterocycles. The third-order valence-electron chi connectivity index (χ3n) is 3.21. The summed E-state index contributed by atoms with van der Waals surface area (Å²) in [7, 11) is 0. The third kappa shape index (κ3) is 5.72. The molecule has 0 radical (unpaired) electrons. The predicted molar refractivity (Wildman–Crippen MR) is 84.6 cm³/mol. The lowest BCUT2D eigenvalue weighted by Crippen LogP contribution is -2.12. The van der Waals surface area contributed by atoms with Crippen LogP contribution in [0.5, 0.6) is 0 Å². The van der Waals surface area contributed by atoms with E-state index in [0.717, 1.165) is 31.2 Å². The molecular weight excluding hydrogens is 295 g/mol. The quantitative estimate of drug-likeness (QED) is 0.460. The van der Waals surface area contributed by atoms with Crippen molar-refractivity contribution < 1.29 is 9.53 Å². The van der Waals surface area contributed by atoms with E-state index in [2.05, 4.69) is 13.8 Å². The molecule has 0 bridgehead atoms. The number of esters is 1. The van der Waals surface area contributed by atoms with Gasteiger partial charge in [0.1, 0.15) is 0 Å². The van der Waals surface area contributed by atoms with Crippen molar-refractivity contribution in [2.45, 2.75) is 51.9 Å².